The Morgan fingerprint density at radius 3 is 2.05 bits per heavy atom. The second-order valence-electron chi connectivity index (χ2n) is 6.43. The maximum atomic E-state index is 10.0. The SMILES string of the molecule is CCc1cc(O)c(CCC(C)CCCC(C)C)c(O)c1. The molecular formula is C18H30O2. The first-order valence-electron chi connectivity index (χ1n) is 7.97. The van der Waals surface area contributed by atoms with Crippen LogP contribution in [-0.2, 0) is 12.8 Å². The topological polar surface area (TPSA) is 40.5 Å². The predicted molar refractivity (Wildman–Crippen MR) is 85.3 cm³/mol. The van der Waals surface area contributed by atoms with Crippen LogP contribution in [0.5, 0.6) is 11.5 Å². The number of phenols is 2. The number of hydrogen-bond acceptors (Lipinski definition) is 2. The molecule has 1 atom stereocenters. The van der Waals surface area contributed by atoms with Gasteiger partial charge in [-0.3, -0.25) is 0 Å². The quantitative estimate of drug-likeness (QED) is 0.698. The van der Waals surface area contributed by atoms with Gasteiger partial charge in [0.05, 0.1) is 0 Å². The van der Waals surface area contributed by atoms with E-state index in [4.69, 9.17) is 0 Å². The van der Waals surface area contributed by atoms with Crippen LogP contribution in [0.1, 0.15) is 64.5 Å². The molecule has 0 amide bonds. The van der Waals surface area contributed by atoms with Crippen LogP contribution in [-0.4, -0.2) is 10.2 Å². The number of aromatic hydroxyl groups is 2. The van der Waals surface area contributed by atoms with Crippen molar-refractivity contribution in [2.24, 2.45) is 11.8 Å². The molecule has 1 aromatic rings. The molecule has 0 radical (unpaired) electrons. The molecular weight excluding hydrogens is 248 g/mol. The molecule has 2 N–H and O–H groups in total. The minimum absolute atomic E-state index is 0.247. The van der Waals surface area contributed by atoms with Gasteiger partial charge in [0.2, 0.25) is 0 Å². The third-order valence-corrected chi connectivity index (χ3v) is 4.04. The van der Waals surface area contributed by atoms with Crippen molar-refractivity contribution in [3.63, 3.8) is 0 Å². The Balaban J connectivity index is 2.49. The molecule has 114 valence electrons. The van der Waals surface area contributed by atoms with E-state index in [9.17, 15) is 10.2 Å². The number of rotatable bonds is 8. The van der Waals surface area contributed by atoms with Gasteiger partial charge in [-0.05, 0) is 48.8 Å². The van der Waals surface area contributed by atoms with E-state index >= 15 is 0 Å². The van der Waals surface area contributed by atoms with Crippen molar-refractivity contribution in [3.8, 4) is 11.5 Å². The first-order valence-corrected chi connectivity index (χ1v) is 7.97. The fourth-order valence-electron chi connectivity index (χ4n) is 2.57. The molecule has 0 aliphatic rings. The summed E-state index contributed by atoms with van der Waals surface area (Å²) in [4.78, 5) is 0. The first kappa shape index (κ1) is 16.9. The summed E-state index contributed by atoms with van der Waals surface area (Å²) in [5.74, 6) is 1.91. The molecule has 1 rings (SSSR count). The van der Waals surface area contributed by atoms with Crippen molar-refractivity contribution in [1.29, 1.82) is 0 Å². The molecule has 2 nitrogen and oxygen atoms in total. The first-order chi connectivity index (χ1) is 9.43. The van der Waals surface area contributed by atoms with Gasteiger partial charge >= 0.3 is 0 Å². The Bertz CT molecular complexity index is 387. The molecule has 2 heteroatoms. The lowest BCUT2D eigenvalue weighted by Gasteiger charge is -2.14. The minimum atomic E-state index is 0.247. The average Bonchev–Trinajstić information content (AvgIpc) is 2.36. The highest BCUT2D eigenvalue weighted by molar-refractivity contribution is 5.46. The normalized spacial score (nSPS) is 12.8. The summed E-state index contributed by atoms with van der Waals surface area (Å²) in [5.41, 5.74) is 1.69. The molecule has 0 aromatic heterocycles. The molecule has 0 aliphatic heterocycles. The third-order valence-electron chi connectivity index (χ3n) is 4.04. The standard InChI is InChI=1S/C18H30O2/c1-5-15-11-17(19)16(18(20)12-15)10-9-14(4)8-6-7-13(2)3/h11-14,19-20H,5-10H2,1-4H3. The van der Waals surface area contributed by atoms with Gasteiger partial charge in [-0.15, -0.1) is 0 Å². The summed E-state index contributed by atoms with van der Waals surface area (Å²) in [7, 11) is 0. The summed E-state index contributed by atoms with van der Waals surface area (Å²) in [6, 6.07) is 3.55. The van der Waals surface area contributed by atoms with Crippen molar-refractivity contribution < 1.29 is 10.2 Å². The Morgan fingerprint density at radius 2 is 1.55 bits per heavy atom. The van der Waals surface area contributed by atoms with E-state index in [1.807, 2.05) is 6.92 Å². The van der Waals surface area contributed by atoms with Crippen LogP contribution in [0.2, 0.25) is 0 Å². The van der Waals surface area contributed by atoms with E-state index in [1.165, 1.54) is 19.3 Å². The second kappa shape index (κ2) is 8.18. The van der Waals surface area contributed by atoms with Crippen molar-refractivity contribution >= 4 is 0 Å². The number of aryl methyl sites for hydroxylation is 1. The highest BCUT2D eigenvalue weighted by atomic mass is 16.3. The summed E-state index contributed by atoms with van der Waals surface area (Å²) >= 11 is 0. The lowest BCUT2D eigenvalue weighted by molar-refractivity contribution is 0.413. The Labute approximate surface area is 123 Å². The smallest absolute Gasteiger partial charge is 0.122 e. The Hall–Kier alpha value is -1.18. The van der Waals surface area contributed by atoms with Crippen LogP contribution in [0.15, 0.2) is 12.1 Å². The zero-order chi connectivity index (χ0) is 15.1. The molecule has 0 bridgehead atoms. The van der Waals surface area contributed by atoms with E-state index in [2.05, 4.69) is 20.8 Å². The fraction of sp³-hybridized carbons (Fsp3) is 0.667. The monoisotopic (exact) mass is 278 g/mol. The molecule has 0 aliphatic carbocycles. The lowest BCUT2D eigenvalue weighted by Crippen LogP contribution is -2.00. The highest BCUT2D eigenvalue weighted by Gasteiger charge is 2.11. The van der Waals surface area contributed by atoms with Crippen molar-refractivity contribution in [3.05, 3.63) is 23.3 Å². The molecule has 0 saturated carbocycles. The van der Waals surface area contributed by atoms with Gasteiger partial charge in [0, 0.05) is 5.56 Å². The van der Waals surface area contributed by atoms with E-state index in [-0.39, 0.29) is 11.5 Å². The number of hydrogen-bond donors (Lipinski definition) is 2. The van der Waals surface area contributed by atoms with Gasteiger partial charge < -0.3 is 10.2 Å². The molecule has 1 aromatic carbocycles. The molecule has 20 heavy (non-hydrogen) atoms. The molecule has 1 unspecified atom stereocenters. The summed E-state index contributed by atoms with van der Waals surface area (Å²) in [6.07, 6.45) is 6.38. The zero-order valence-corrected chi connectivity index (χ0v) is 13.4. The van der Waals surface area contributed by atoms with Crippen molar-refractivity contribution in [1.82, 2.24) is 0 Å². The van der Waals surface area contributed by atoms with Crippen molar-refractivity contribution in [2.45, 2.75) is 66.2 Å². The van der Waals surface area contributed by atoms with E-state index < -0.39 is 0 Å². The van der Waals surface area contributed by atoms with Gasteiger partial charge in [0.25, 0.3) is 0 Å². The summed E-state index contributed by atoms with van der Waals surface area (Å²) < 4.78 is 0. The van der Waals surface area contributed by atoms with Crippen LogP contribution >= 0.6 is 0 Å². The fourth-order valence-corrected chi connectivity index (χ4v) is 2.57. The van der Waals surface area contributed by atoms with Crippen LogP contribution in [0.4, 0.5) is 0 Å². The third kappa shape index (κ3) is 5.44. The molecule has 0 heterocycles. The largest absolute Gasteiger partial charge is 0.508 e. The van der Waals surface area contributed by atoms with Gasteiger partial charge in [-0.1, -0.05) is 47.0 Å². The minimum Gasteiger partial charge on any atom is -0.508 e. The Kier molecular flexibility index (Phi) is 6.90. The zero-order valence-electron chi connectivity index (χ0n) is 13.4. The predicted octanol–water partition coefficient (Wildman–Crippen LogP) is 5.06. The van der Waals surface area contributed by atoms with Crippen LogP contribution in [0.25, 0.3) is 0 Å². The molecule has 0 saturated heterocycles. The summed E-state index contributed by atoms with van der Waals surface area (Å²) in [6.45, 7) is 8.80. The highest BCUT2D eigenvalue weighted by Crippen LogP contribution is 2.31. The van der Waals surface area contributed by atoms with Gasteiger partial charge in [0.1, 0.15) is 11.5 Å². The molecule has 0 spiro atoms. The van der Waals surface area contributed by atoms with Crippen molar-refractivity contribution in [2.75, 3.05) is 0 Å². The number of phenolic OH excluding ortho intramolecular Hbond substituents is 2. The Morgan fingerprint density at radius 1 is 0.950 bits per heavy atom. The second-order valence-corrected chi connectivity index (χ2v) is 6.43. The van der Waals surface area contributed by atoms with Crippen LogP contribution in [0, 0.1) is 11.8 Å². The number of benzene rings is 1. The lowest BCUT2D eigenvalue weighted by atomic mass is 9.93. The summed E-state index contributed by atoms with van der Waals surface area (Å²) in [5, 5.41) is 20.0. The van der Waals surface area contributed by atoms with Gasteiger partial charge in [-0.25, -0.2) is 0 Å². The van der Waals surface area contributed by atoms with E-state index in [1.54, 1.807) is 12.1 Å². The van der Waals surface area contributed by atoms with Gasteiger partial charge in [0.15, 0.2) is 0 Å². The maximum absolute atomic E-state index is 10.0. The molecule has 0 fully saturated rings. The van der Waals surface area contributed by atoms with Crippen LogP contribution < -0.4 is 0 Å². The van der Waals surface area contributed by atoms with Crippen LogP contribution in [0.3, 0.4) is 0 Å². The van der Waals surface area contributed by atoms with Gasteiger partial charge in [-0.2, -0.15) is 0 Å². The van der Waals surface area contributed by atoms with E-state index in [0.29, 0.717) is 11.5 Å². The van der Waals surface area contributed by atoms with E-state index in [0.717, 1.165) is 30.7 Å². The average molecular weight is 278 g/mol. The maximum Gasteiger partial charge on any atom is 0.122 e.